The van der Waals surface area contributed by atoms with Gasteiger partial charge in [-0.25, -0.2) is 4.79 Å². The Hall–Kier alpha value is -2.07. The van der Waals surface area contributed by atoms with Crippen molar-refractivity contribution >= 4 is 17.6 Å². The van der Waals surface area contributed by atoms with E-state index in [0.29, 0.717) is 5.02 Å². The number of pyridine rings is 1. The van der Waals surface area contributed by atoms with E-state index >= 15 is 0 Å². The van der Waals surface area contributed by atoms with Crippen LogP contribution in [0, 0.1) is 0 Å². The average molecular weight is 264 g/mol. The van der Waals surface area contributed by atoms with Crippen molar-refractivity contribution < 1.29 is 9.53 Å². The zero-order chi connectivity index (χ0) is 13.0. The van der Waals surface area contributed by atoms with Gasteiger partial charge in [-0.05, 0) is 23.8 Å². The van der Waals surface area contributed by atoms with Crippen LogP contribution in [0.25, 0.3) is 0 Å². The molecule has 0 unspecified atom stereocenters. The molecule has 0 bridgehead atoms. The molecule has 0 spiro atoms. The molecule has 2 aromatic rings. The Morgan fingerprint density at radius 1 is 1.17 bits per heavy atom. The maximum absolute atomic E-state index is 11.6. The Morgan fingerprint density at radius 3 is 2.56 bits per heavy atom. The summed E-state index contributed by atoms with van der Waals surface area (Å²) < 4.78 is 5.06. The molecule has 0 aliphatic rings. The summed E-state index contributed by atoms with van der Waals surface area (Å²) in [4.78, 5) is 25.0. The van der Waals surface area contributed by atoms with Crippen molar-refractivity contribution in [2.45, 2.75) is 6.61 Å². The molecule has 0 radical (unpaired) electrons. The molecule has 1 aromatic carbocycles. The third-order valence-corrected chi connectivity index (χ3v) is 2.52. The first-order valence-electron chi connectivity index (χ1n) is 5.26. The second kappa shape index (κ2) is 5.51. The van der Waals surface area contributed by atoms with Crippen molar-refractivity contribution in [2.24, 2.45) is 0 Å². The summed E-state index contributed by atoms with van der Waals surface area (Å²) in [6, 6.07) is 11.3. The fourth-order valence-electron chi connectivity index (χ4n) is 1.37. The number of carbonyl (C=O) groups excluding carboxylic acids is 1. The van der Waals surface area contributed by atoms with Gasteiger partial charge in [0.15, 0.2) is 0 Å². The van der Waals surface area contributed by atoms with Crippen molar-refractivity contribution in [2.75, 3.05) is 0 Å². The molecule has 1 N–H and O–H groups in total. The number of aromatic amines is 1. The van der Waals surface area contributed by atoms with E-state index in [-0.39, 0.29) is 17.9 Å². The molecule has 0 amide bonds. The van der Waals surface area contributed by atoms with Crippen molar-refractivity contribution in [3.05, 3.63) is 69.1 Å². The minimum absolute atomic E-state index is 0.132. The second-order valence-corrected chi connectivity index (χ2v) is 4.07. The Morgan fingerprint density at radius 2 is 1.89 bits per heavy atom. The fraction of sp³-hybridized carbons (Fsp3) is 0.0769. The van der Waals surface area contributed by atoms with E-state index in [0.717, 1.165) is 5.56 Å². The van der Waals surface area contributed by atoms with Crippen molar-refractivity contribution in [3.8, 4) is 0 Å². The zero-order valence-electron chi connectivity index (χ0n) is 9.35. The molecule has 1 aromatic heterocycles. The van der Waals surface area contributed by atoms with E-state index in [1.54, 1.807) is 24.3 Å². The lowest BCUT2D eigenvalue weighted by Gasteiger charge is -2.04. The summed E-state index contributed by atoms with van der Waals surface area (Å²) in [5.74, 6) is -0.567. The summed E-state index contributed by atoms with van der Waals surface area (Å²) in [7, 11) is 0. The summed E-state index contributed by atoms with van der Waals surface area (Å²) in [5, 5.41) is 0.623. The molecular formula is C13H10ClNO3. The number of carbonyl (C=O) groups is 1. The summed E-state index contributed by atoms with van der Waals surface area (Å²) >= 11 is 5.74. The van der Waals surface area contributed by atoms with Gasteiger partial charge in [-0.15, -0.1) is 0 Å². The molecule has 0 aliphatic carbocycles. The number of hydrogen-bond acceptors (Lipinski definition) is 3. The van der Waals surface area contributed by atoms with E-state index in [2.05, 4.69) is 4.98 Å². The number of halogens is 1. The largest absolute Gasteiger partial charge is 0.456 e. The predicted octanol–water partition coefficient (Wildman–Crippen LogP) is 2.39. The summed E-state index contributed by atoms with van der Waals surface area (Å²) in [6.45, 7) is 0.132. The van der Waals surface area contributed by atoms with Gasteiger partial charge in [0.25, 0.3) is 0 Å². The van der Waals surface area contributed by atoms with Crippen LogP contribution in [0.5, 0.6) is 0 Å². The Balaban J connectivity index is 2.00. The van der Waals surface area contributed by atoms with E-state index in [1.807, 2.05) is 0 Å². The Labute approximate surface area is 108 Å². The molecule has 92 valence electrons. The van der Waals surface area contributed by atoms with Gasteiger partial charge in [-0.1, -0.05) is 29.8 Å². The van der Waals surface area contributed by atoms with Crippen LogP contribution >= 0.6 is 11.6 Å². The zero-order valence-corrected chi connectivity index (χ0v) is 10.1. The van der Waals surface area contributed by atoms with Gasteiger partial charge in [-0.3, -0.25) is 4.79 Å². The highest BCUT2D eigenvalue weighted by Gasteiger charge is 2.07. The lowest BCUT2D eigenvalue weighted by molar-refractivity contribution is 0.0465. The van der Waals surface area contributed by atoms with Crippen LogP contribution in [0.15, 0.2) is 47.3 Å². The van der Waals surface area contributed by atoms with Gasteiger partial charge >= 0.3 is 5.97 Å². The van der Waals surface area contributed by atoms with Gasteiger partial charge < -0.3 is 9.72 Å². The molecule has 18 heavy (non-hydrogen) atoms. The third kappa shape index (κ3) is 3.21. The molecule has 0 saturated heterocycles. The van der Waals surface area contributed by atoms with E-state index in [4.69, 9.17) is 16.3 Å². The molecule has 4 nitrogen and oxygen atoms in total. The maximum atomic E-state index is 11.6. The highest BCUT2D eigenvalue weighted by atomic mass is 35.5. The lowest BCUT2D eigenvalue weighted by Crippen LogP contribution is -2.13. The standard InChI is InChI=1S/C13H10ClNO3/c14-10-6-4-9(5-7-10)8-18-13(17)11-2-1-3-12(16)15-11/h1-7H,8H2,(H,15,16). The third-order valence-electron chi connectivity index (χ3n) is 2.27. The number of hydrogen-bond donors (Lipinski definition) is 1. The van der Waals surface area contributed by atoms with Gasteiger partial charge in [0.05, 0.1) is 0 Å². The van der Waals surface area contributed by atoms with Gasteiger partial charge in [0.1, 0.15) is 12.3 Å². The Bertz CT molecular complexity index is 604. The Kier molecular flexibility index (Phi) is 3.79. The van der Waals surface area contributed by atoms with Crippen LogP contribution in [0.2, 0.25) is 5.02 Å². The molecule has 0 aliphatic heterocycles. The normalized spacial score (nSPS) is 10.1. The second-order valence-electron chi connectivity index (χ2n) is 3.63. The van der Waals surface area contributed by atoms with E-state index < -0.39 is 5.97 Å². The quantitative estimate of drug-likeness (QED) is 0.865. The van der Waals surface area contributed by atoms with Crippen LogP contribution in [-0.2, 0) is 11.3 Å². The molecule has 0 atom stereocenters. The molecule has 5 heteroatoms. The average Bonchev–Trinajstić information content (AvgIpc) is 2.38. The molecular weight excluding hydrogens is 254 g/mol. The molecule has 2 rings (SSSR count). The van der Waals surface area contributed by atoms with Crippen LogP contribution in [0.3, 0.4) is 0 Å². The molecule has 0 fully saturated rings. The minimum atomic E-state index is -0.567. The fourth-order valence-corrected chi connectivity index (χ4v) is 1.50. The SMILES string of the molecule is O=C(OCc1ccc(Cl)cc1)c1cccc(=O)[nH]1. The van der Waals surface area contributed by atoms with E-state index in [1.165, 1.54) is 18.2 Å². The lowest BCUT2D eigenvalue weighted by atomic mass is 10.2. The predicted molar refractivity (Wildman–Crippen MR) is 67.6 cm³/mol. The van der Waals surface area contributed by atoms with Crippen LogP contribution in [0.4, 0.5) is 0 Å². The highest BCUT2D eigenvalue weighted by molar-refractivity contribution is 6.30. The topological polar surface area (TPSA) is 59.2 Å². The minimum Gasteiger partial charge on any atom is -0.456 e. The van der Waals surface area contributed by atoms with Crippen molar-refractivity contribution in [3.63, 3.8) is 0 Å². The first-order valence-corrected chi connectivity index (χ1v) is 5.64. The summed E-state index contributed by atoms with van der Waals surface area (Å²) in [6.07, 6.45) is 0. The number of nitrogens with one attached hydrogen (secondary N) is 1. The first-order chi connectivity index (χ1) is 8.65. The van der Waals surface area contributed by atoms with Crippen molar-refractivity contribution in [1.29, 1.82) is 0 Å². The first kappa shape index (κ1) is 12.4. The van der Waals surface area contributed by atoms with Gasteiger partial charge in [-0.2, -0.15) is 0 Å². The maximum Gasteiger partial charge on any atom is 0.355 e. The highest BCUT2D eigenvalue weighted by Crippen LogP contribution is 2.10. The van der Waals surface area contributed by atoms with Gasteiger partial charge in [0.2, 0.25) is 5.56 Å². The van der Waals surface area contributed by atoms with Crippen LogP contribution < -0.4 is 5.56 Å². The smallest absolute Gasteiger partial charge is 0.355 e. The number of H-pyrrole nitrogens is 1. The number of esters is 1. The number of benzene rings is 1. The molecule has 1 heterocycles. The number of rotatable bonds is 3. The van der Waals surface area contributed by atoms with Crippen LogP contribution in [-0.4, -0.2) is 11.0 Å². The molecule has 0 saturated carbocycles. The monoisotopic (exact) mass is 263 g/mol. The number of aromatic nitrogens is 1. The van der Waals surface area contributed by atoms with Gasteiger partial charge in [0, 0.05) is 11.1 Å². The van der Waals surface area contributed by atoms with Crippen LogP contribution in [0.1, 0.15) is 16.1 Å². The number of ether oxygens (including phenoxy) is 1. The van der Waals surface area contributed by atoms with E-state index in [9.17, 15) is 9.59 Å². The summed E-state index contributed by atoms with van der Waals surface area (Å²) in [5.41, 5.74) is 0.624. The van der Waals surface area contributed by atoms with Crippen molar-refractivity contribution in [1.82, 2.24) is 4.98 Å².